The van der Waals surface area contributed by atoms with Crippen LogP contribution in [0.1, 0.15) is 42.5 Å². The third-order valence-electron chi connectivity index (χ3n) is 2.93. The van der Waals surface area contributed by atoms with E-state index >= 15 is 0 Å². The average Bonchev–Trinajstić information content (AvgIpc) is 2.78. The number of aldehydes is 1. The fourth-order valence-corrected chi connectivity index (χ4v) is 2.14. The minimum Gasteiger partial charge on any atom is -0.467 e. The lowest BCUT2D eigenvalue weighted by Crippen LogP contribution is -2.25. The third-order valence-corrected chi connectivity index (χ3v) is 2.93. The van der Waals surface area contributed by atoms with Gasteiger partial charge in [-0.1, -0.05) is 13.8 Å². The second-order valence-corrected chi connectivity index (χ2v) is 4.84. The smallest absolute Gasteiger partial charge is 0.328 e. The van der Waals surface area contributed by atoms with Crippen molar-refractivity contribution in [3.8, 4) is 0 Å². The van der Waals surface area contributed by atoms with E-state index in [1.54, 1.807) is 23.8 Å². The first-order valence-corrected chi connectivity index (χ1v) is 6.27. The summed E-state index contributed by atoms with van der Waals surface area (Å²) in [7, 11) is 2.93. The summed E-state index contributed by atoms with van der Waals surface area (Å²) in [6, 6.07) is 2.99. The summed E-state index contributed by atoms with van der Waals surface area (Å²) in [4.78, 5) is 23.1. The monoisotopic (exact) mass is 267 g/mol. The van der Waals surface area contributed by atoms with Crippen LogP contribution in [-0.2, 0) is 20.9 Å². The van der Waals surface area contributed by atoms with Crippen molar-refractivity contribution in [2.45, 2.75) is 32.9 Å². The Labute approximate surface area is 113 Å². The molecule has 0 bridgehead atoms. The van der Waals surface area contributed by atoms with Gasteiger partial charge in [0.25, 0.3) is 0 Å². The van der Waals surface area contributed by atoms with E-state index in [1.807, 2.05) is 13.8 Å². The largest absolute Gasteiger partial charge is 0.467 e. The van der Waals surface area contributed by atoms with Crippen molar-refractivity contribution in [2.24, 2.45) is 5.92 Å². The van der Waals surface area contributed by atoms with Crippen molar-refractivity contribution in [1.29, 1.82) is 0 Å². The zero-order valence-electron chi connectivity index (χ0n) is 11.9. The highest BCUT2D eigenvalue weighted by Gasteiger charge is 2.26. The Bertz CT molecular complexity index is 437. The van der Waals surface area contributed by atoms with Gasteiger partial charge in [0.2, 0.25) is 0 Å². The predicted octanol–water partition coefficient (Wildman–Crippen LogP) is 2.21. The number of methoxy groups -OCH3 is 2. The molecule has 0 aliphatic heterocycles. The number of aromatic nitrogens is 1. The summed E-state index contributed by atoms with van der Waals surface area (Å²) in [5, 5.41) is 0. The van der Waals surface area contributed by atoms with Crippen molar-refractivity contribution in [3.63, 3.8) is 0 Å². The molecule has 0 N–H and O–H groups in total. The summed E-state index contributed by atoms with van der Waals surface area (Å²) < 4.78 is 11.7. The van der Waals surface area contributed by atoms with Crippen molar-refractivity contribution >= 4 is 12.3 Å². The molecule has 0 amide bonds. The Morgan fingerprint density at radius 2 is 2.05 bits per heavy atom. The Morgan fingerprint density at radius 1 is 1.37 bits per heavy atom. The van der Waals surface area contributed by atoms with Crippen molar-refractivity contribution in [1.82, 2.24) is 4.57 Å². The molecule has 5 heteroatoms. The van der Waals surface area contributed by atoms with Gasteiger partial charge in [-0.05, 0) is 24.5 Å². The van der Waals surface area contributed by atoms with Gasteiger partial charge in [-0.3, -0.25) is 4.79 Å². The van der Waals surface area contributed by atoms with Crippen molar-refractivity contribution in [2.75, 3.05) is 14.2 Å². The molecule has 0 unspecified atom stereocenters. The molecular weight excluding hydrogens is 246 g/mol. The summed E-state index contributed by atoms with van der Waals surface area (Å²) in [6.45, 7) is 4.39. The molecule has 0 aromatic carbocycles. The maximum absolute atomic E-state index is 12.0. The van der Waals surface area contributed by atoms with E-state index in [2.05, 4.69) is 0 Å². The van der Waals surface area contributed by atoms with Crippen LogP contribution in [0.5, 0.6) is 0 Å². The molecule has 0 saturated heterocycles. The molecule has 5 nitrogen and oxygen atoms in total. The number of carbonyl (C=O) groups is 2. The van der Waals surface area contributed by atoms with Gasteiger partial charge >= 0.3 is 5.97 Å². The van der Waals surface area contributed by atoms with Gasteiger partial charge < -0.3 is 14.0 Å². The Morgan fingerprint density at radius 3 is 2.53 bits per heavy atom. The number of hydrogen-bond donors (Lipinski definition) is 0. The second kappa shape index (κ2) is 7.09. The molecule has 1 aromatic rings. The standard InChI is InChI=1S/C14H21NO4/c1-10(2)7-13(14(17)19-4)15-11(8-16)5-6-12(15)9-18-3/h5-6,8,10,13H,7,9H2,1-4H3/t13-/m1/s1. The molecule has 0 saturated carbocycles. The highest BCUT2D eigenvalue weighted by atomic mass is 16.5. The van der Waals surface area contributed by atoms with Gasteiger partial charge in [0.05, 0.1) is 19.4 Å². The lowest BCUT2D eigenvalue weighted by atomic mass is 10.0. The van der Waals surface area contributed by atoms with E-state index in [4.69, 9.17) is 9.47 Å². The molecule has 0 aliphatic rings. The van der Waals surface area contributed by atoms with Gasteiger partial charge in [0.1, 0.15) is 6.04 Å². The fraction of sp³-hybridized carbons (Fsp3) is 0.571. The van der Waals surface area contributed by atoms with E-state index < -0.39 is 6.04 Å². The first-order valence-electron chi connectivity index (χ1n) is 6.27. The molecule has 1 atom stereocenters. The molecule has 0 spiro atoms. The highest BCUT2D eigenvalue weighted by Crippen LogP contribution is 2.24. The van der Waals surface area contributed by atoms with Crippen LogP contribution in [0.2, 0.25) is 0 Å². The highest BCUT2D eigenvalue weighted by molar-refractivity contribution is 5.78. The normalized spacial score (nSPS) is 12.5. The first kappa shape index (κ1) is 15.4. The van der Waals surface area contributed by atoms with Crippen molar-refractivity contribution < 1.29 is 19.1 Å². The fourth-order valence-electron chi connectivity index (χ4n) is 2.14. The predicted molar refractivity (Wildman–Crippen MR) is 71.0 cm³/mol. The van der Waals surface area contributed by atoms with Gasteiger partial charge in [-0.25, -0.2) is 4.79 Å². The summed E-state index contributed by atoms with van der Waals surface area (Å²) >= 11 is 0. The Kier molecular flexibility index (Phi) is 5.76. The molecule has 19 heavy (non-hydrogen) atoms. The van der Waals surface area contributed by atoms with Gasteiger partial charge in [-0.2, -0.15) is 0 Å². The van der Waals surface area contributed by atoms with E-state index in [0.717, 1.165) is 12.0 Å². The number of carbonyl (C=O) groups excluding carboxylic acids is 2. The number of hydrogen-bond acceptors (Lipinski definition) is 4. The number of rotatable bonds is 7. The Balaban J connectivity index is 3.22. The van der Waals surface area contributed by atoms with Crippen LogP contribution in [0.15, 0.2) is 12.1 Å². The zero-order chi connectivity index (χ0) is 14.4. The molecule has 1 rings (SSSR count). The third kappa shape index (κ3) is 3.67. The summed E-state index contributed by atoms with van der Waals surface area (Å²) in [5.74, 6) is -0.0354. The SMILES string of the molecule is COCc1ccc(C=O)n1[C@H](CC(C)C)C(=O)OC. The number of esters is 1. The van der Waals surface area contributed by atoms with Gasteiger partial charge in [0.15, 0.2) is 6.29 Å². The molecule has 106 valence electrons. The summed E-state index contributed by atoms with van der Waals surface area (Å²) in [5.41, 5.74) is 1.25. The maximum atomic E-state index is 12.0. The lowest BCUT2D eigenvalue weighted by molar-refractivity contribution is -0.145. The molecule has 0 radical (unpaired) electrons. The number of nitrogens with zero attached hydrogens (tertiary/aromatic N) is 1. The second-order valence-electron chi connectivity index (χ2n) is 4.84. The molecular formula is C14H21NO4. The quantitative estimate of drug-likeness (QED) is 0.561. The van der Waals surface area contributed by atoms with Crippen LogP contribution in [0.25, 0.3) is 0 Å². The number of ether oxygens (including phenoxy) is 2. The average molecular weight is 267 g/mol. The van der Waals surface area contributed by atoms with Gasteiger partial charge in [-0.15, -0.1) is 0 Å². The molecule has 1 aromatic heterocycles. The summed E-state index contributed by atoms with van der Waals surface area (Å²) in [6.07, 6.45) is 1.36. The van der Waals surface area contributed by atoms with E-state index in [1.165, 1.54) is 7.11 Å². The Hall–Kier alpha value is -1.62. The molecule has 0 aliphatic carbocycles. The minimum absolute atomic E-state index is 0.307. The van der Waals surface area contributed by atoms with Crippen LogP contribution >= 0.6 is 0 Å². The first-order chi connectivity index (χ1) is 9.04. The van der Waals surface area contributed by atoms with E-state index in [9.17, 15) is 9.59 Å². The zero-order valence-corrected chi connectivity index (χ0v) is 11.9. The van der Waals surface area contributed by atoms with E-state index in [-0.39, 0.29) is 5.97 Å². The topological polar surface area (TPSA) is 57.5 Å². The molecule has 1 heterocycles. The lowest BCUT2D eigenvalue weighted by Gasteiger charge is -2.22. The van der Waals surface area contributed by atoms with Crippen molar-refractivity contribution in [3.05, 3.63) is 23.5 Å². The van der Waals surface area contributed by atoms with E-state index in [0.29, 0.717) is 24.6 Å². The van der Waals surface area contributed by atoms with Crippen LogP contribution in [0.3, 0.4) is 0 Å². The maximum Gasteiger partial charge on any atom is 0.328 e. The minimum atomic E-state index is -0.495. The van der Waals surface area contributed by atoms with Crippen LogP contribution in [-0.4, -0.2) is 31.0 Å². The van der Waals surface area contributed by atoms with Crippen LogP contribution in [0.4, 0.5) is 0 Å². The van der Waals surface area contributed by atoms with Crippen LogP contribution in [0, 0.1) is 5.92 Å². The van der Waals surface area contributed by atoms with Crippen LogP contribution < -0.4 is 0 Å². The molecule has 0 fully saturated rings. The van der Waals surface area contributed by atoms with Gasteiger partial charge in [0, 0.05) is 12.8 Å².